The summed E-state index contributed by atoms with van der Waals surface area (Å²) in [6.07, 6.45) is 8.11. The lowest BCUT2D eigenvalue weighted by atomic mass is 10.1. The van der Waals surface area contributed by atoms with Crippen LogP contribution in [0.2, 0.25) is 0 Å². The lowest BCUT2D eigenvalue weighted by molar-refractivity contribution is 0.198. The molecule has 1 aromatic heterocycles. The van der Waals surface area contributed by atoms with Crippen LogP contribution in [-0.2, 0) is 6.42 Å². The molecule has 0 spiro atoms. The molecule has 2 aliphatic heterocycles. The molecular weight excluding hydrogens is 451 g/mol. The summed E-state index contributed by atoms with van der Waals surface area (Å²) in [4.78, 5) is 10.0. The van der Waals surface area contributed by atoms with Crippen molar-refractivity contribution in [2.45, 2.75) is 46.0 Å². The van der Waals surface area contributed by atoms with E-state index in [1.807, 2.05) is 12.1 Å². The third-order valence-electron chi connectivity index (χ3n) is 5.39. The second-order valence-electron chi connectivity index (χ2n) is 8.28. The number of rotatable bonds is 7. The predicted molar refractivity (Wildman–Crippen MR) is 123 cm³/mol. The minimum absolute atomic E-state index is 0. The molecule has 0 saturated carbocycles. The minimum Gasteiger partial charge on any atom is -0.469 e. The standard InChI is InChI=1S/C21H36N4O.HI/c1-18(2)15-23-21(22-10-8-20-7-6-14-26-20)25-13-9-19(17-25)16-24-11-4-3-5-12-24;/h6-7,14,18-19H,3-5,8-13,15-17H2,1-2H3,(H,22,23);1H. The molecule has 2 aliphatic rings. The van der Waals surface area contributed by atoms with Crippen molar-refractivity contribution in [1.82, 2.24) is 15.1 Å². The highest BCUT2D eigenvalue weighted by Crippen LogP contribution is 2.20. The molecule has 27 heavy (non-hydrogen) atoms. The summed E-state index contributed by atoms with van der Waals surface area (Å²) < 4.78 is 5.44. The van der Waals surface area contributed by atoms with Crippen LogP contribution >= 0.6 is 24.0 Å². The summed E-state index contributed by atoms with van der Waals surface area (Å²) in [7, 11) is 0. The zero-order valence-electron chi connectivity index (χ0n) is 17.0. The highest BCUT2D eigenvalue weighted by molar-refractivity contribution is 14.0. The van der Waals surface area contributed by atoms with Crippen molar-refractivity contribution < 1.29 is 4.42 Å². The maximum absolute atomic E-state index is 5.44. The van der Waals surface area contributed by atoms with Crippen molar-refractivity contribution in [3.8, 4) is 0 Å². The Morgan fingerprint density at radius 1 is 1.26 bits per heavy atom. The molecule has 154 valence electrons. The van der Waals surface area contributed by atoms with Gasteiger partial charge in [0.15, 0.2) is 5.96 Å². The summed E-state index contributed by atoms with van der Waals surface area (Å²) in [6.45, 7) is 12.3. The summed E-state index contributed by atoms with van der Waals surface area (Å²) in [5.74, 6) is 3.49. The molecule has 5 nitrogen and oxygen atoms in total. The van der Waals surface area contributed by atoms with E-state index in [1.54, 1.807) is 6.26 Å². The number of hydrogen-bond donors (Lipinski definition) is 1. The second kappa shape index (κ2) is 11.9. The Balaban J connectivity index is 0.00000261. The Kier molecular flexibility index (Phi) is 9.96. The molecule has 0 amide bonds. The largest absolute Gasteiger partial charge is 0.469 e. The van der Waals surface area contributed by atoms with Gasteiger partial charge in [-0.1, -0.05) is 20.3 Å². The number of furan rings is 1. The van der Waals surface area contributed by atoms with Gasteiger partial charge in [-0.2, -0.15) is 0 Å². The summed E-state index contributed by atoms with van der Waals surface area (Å²) in [5, 5.41) is 3.58. The Labute approximate surface area is 182 Å². The van der Waals surface area contributed by atoms with Gasteiger partial charge in [0.05, 0.1) is 6.26 Å². The molecule has 1 aromatic rings. The van der Waals surface area contributed by atoms with Crippen molar-refractivity contribution in [1.29, 1.82) is 0 Å². The van der Waals surface area contributed by atoms with Crippen LogP contribution in [-0.4, -0.2) is 61.6 Å². The number of nitrogens with one attached hydrogen (secondary N) is 1. The lowest BCUT2D eigenvalue weighted by Crippen LogP contribution is -2.42. The second-order valence-corrected chi connectivity index (χ2v) is 8.28. The van der Waals surface area contributed by atoms with Gasteiger partial charge >= 0.3 is 0 Å². The third kappa shape index (κ3) is 7.64. The monoisotopic (exact) mass is 488 g/mol. The molecule has 0 aliphatic carbocycles. The normalized spacial score (nSPS) is 21.5. The fraction of sp³-hybridized carbons (Fsp3) is 0.762. The van der Waals surface area contributed by atoms with E-state index in [-0.39, 0.29) is 24.0 Å². The van der Waals surface area contributed by atoms with Gasteiger partial charge in [-0.25, -0.2) is 0 Å². The van der Waals surface area contributed by atoms with Crippen LogP contribution in [0.3, 0.4) is 0 Å². The maximum atomic E-state index is 5.44. The van der Waals surface area contributed by atoms with Crippen molar-refractivity contribution in [3.63, 3.8) is 0 Å². The van der Waals surface area contributed by atoms with Crippen LogP contribution in [0.5, 0.6) is 0 Å². The smallest absolute Gasteiger partial charge is 0.193 e. The number of guanidine groups is 1. The summed E-state index contributed by atoms with van der Waals surface area (Å²) in [6, 6.07) is 3.99. The summed E-state index contributed by atoms with van der Waals surface area (Å²) in [5.41, 5.74) is 0. The fourth-order valence-electron chi connectivity index (χ4n) is 3.97. The maximum Gasteiger partial charge on any atom is 0.193 e. The highest BCUT2D eigenvalue weighted by Gasteiger charge is 2.27. The average Bonchev–Trinajstić information content (AvgIpc) is 3.31. The number of likely N-dealkylation sites (tertiary alicyclic amines) is 2. The van der Waals surface area contributed by atoms with E-state index >= 15 is 0 Å². The molecule has 1 atom stereocenters. The molecule has 0 aromatic carbocycles. The van der Waals surface area contributed by atoms with Crippen molar-refractivity contribution in [2.24, 2.45) is 16.8 Å². The van der Waals surface area contributed by atoms with Crippen LogP contribution in [0.25, 0.3) is 0 Å². The number of piperidine rings is 1. The van der Waals surface area contributed by atoms with E-state index in [0.717, 1.165) is 50.2 Å². The SMILES string of the molecule is CC(C)CN=C(NCCc1ccco1)N1CCC(CN2CCCCC2)C1.I. The third-order valence-corrected chi connectivity index (χ3v) is 5.39. The van der Waals surface area contributed by atoms with E-state index in [4.69, 9.17) is 9.41 Å². The Morgan fingerprint density at radius 3 is 2.78 bits per heavy atom. The first-order chi connectivity index (χ1) is 12.7. The highest BCUT2D eigenvalue weighted by atomic mass is 127. The van der Waals surface area contributed by atoms with E-state index in [0.29, 0.717) is 5.92 Å². The Hall–Kier alpha value is -0.760. The number of aliphatic imine (C=N–C) groups is 1. The average molecular weight is 488 g/mol. The van der Waals surface area contributed by atoms with E-state index in [1.165, 1.54) is 45.3 Å². The quantitative estimate of drug-likeness (QED) is 0.360. The minimum atomic E-state index is 0. The first-order valence-corrected chi connectivity index (χ1v) is 10.5. The molecule has 3 rings (SSSR count). The predicted octanol–water partition coefficient (Wildman–Crippen LogP) is 3.85. The number of halogens is 1. The van der Waals surface area contributed by atoms with Crippen LogP contribution < -0.4 is 5.32 Å². The van der Waals surface area contributed by atoms with E-state index in [9.17, 15) is 0 Å². The van der Waals surface area contributed by atoms with Crippen LogP contribution in [0.4, 0.5) is 0 Å². The fourth-order valence-corrected chi connectivity index (χ4v) is 3.97. The van der Waals surface area contributed by atoms with Gasteiger partial charge in [-0.3, -0.25) is 4.99 Å². The number of hydrogen-bond acceptors (Lipinski definition) is 3. The van der Waals surface area contributed by atoms with Crippen LogP contribution in [0, 0.1) is 11.8 Å². The Morgan fingerprint density at radius 2 is 2.07 bits per heavy atom. The molecule has 1 N–H and O–H groups in total. The van der Waals surface area contributed by atoms with Crippen molar-refractivity contribution in [2.75, 3.05) is 45.8 Å². The molecule has 0 bridgehead atoms. The van der Waals surface area contributed by atoms with Gasteiger partial charge in [0, 0.05) is 39.1 Å². The van der Waals surface area contributed by atoms with E-state index in [2.05, 4.69) is 29.0 Å². The zero-order valence-corrected chi connectivity index (χ0v) is 19.4. The molecule has 0 radical (unpaired) electrons. The van der Waals surface area contributed by atoms with Gasteiger partial charge in [0.1, 0.15) is 5.76 Å². The molecule has 2 fully saturated rings. The molecule has 6 heteroatoms. The van der Waals surface area contributed by atoms with Crippen molar-refractivity contribution >= 4 is 29.9 Å². The van der Waals surface area contributed by atoms with Crippen LogP contribution in [0.15, 0.2) is 27.8 Å². The molecule has 2 saturated heterocycles. The van der Waals surface area contributed by atoms with Gasteiger partial charge in [0.25, 0.3) is 0 Å². The molecule has 3 heterocycles. The first kappa shape index (κ1) is 22.5. The molecular formula is C21H37IN4O. The van der Waals surface area contributed by atoms with Gasteiger partial charge < -0.3 is 19.5 Å². The topological polar surface area (TPSA) is 44.0 Å². The lowest BCUT2D eigenvalue weighted by Gasteiger charge is -2.29. The summed E-state index contributed by atoms with van der Waals surface area (Å²) >= 11 is 0. The molecule has 1 unspecified atom stereocenters. The van der Waals surface area contributed by atoms with E-state index < -0.39 is 0 Å². The first-order valence-electron chi connectivity index (χ1n) is 10.5. The van der Waals surface area contributed by atoms with Crippen molar-refractivity contribution in [3.05, 3.63) is 24.2 Å². The zero-order chi connectivity index (χ0) is 18.2. The van der Waals surface area contributed by atoms with Crippen LogP contribution in [0.1, 0.15) is 45.3 Å². The number of nitrogens with zero attached hydrogens (tertiary/aromatic N) is 3. The van der Waals surface area contributed by atoms with Gasteiger partial charge in [0.2, 0.25) is 0 Å². The van der Waals surface area contributed by atoms with Gasteiger partial charge in [-0.05, 0) is 56.3 Å². The Bertz CT molecular complexity index is 540. The van der Waals surface area contributed by atoms with Gasteiger partial charge in [-0.15, -0.1) is 24.0 Å².